The molecule has 3 heteroatoms. The molecule has 0 bridgehead atoms. The van der Waals surface area contributed by atoms with Gasteiger partial charge in [0, 0.05) is 0 Å². The Morgan fingerprint density at radius 2 is 1.86 bits per heavy atom. The monoisotopic (exact) mass is 294 g/mol. The number of carbonyl (C=O) groups is 1. The van der Waals surface area contributed by atoms with Crippen molar-refractivity contribution >= 4 is 5.78 Å². The molecule has 0 aromatic heterocycles. The SMILES string of the molecule is COc1ccc(C2CC(=O)c3c(cccc3C3CC3)O2)cc1. The number of rotatable bonds is 3. The molecule has 2 aliphatic rings. The van der Waals surface area contributed by atoms with Crippen molar-refractivity contribution in [2.24, 2.45) is 0 Å². The van der Waals surface area contributed by atoms with Gasteiger partial charge in [-0.1, -0.05) is 24.3 Å². The van der Waals surface area contributed by atoms with E-state index in [4.69, 9.17) is 9.47 Å². The van der Waals surface area contributed by atoms with Crippen LogP contribution in [0.4, 0.5) is 0 Å². The van der Waals surface area contributed by atoms with Crippen LogP contribution in [0.1, 0.15) is 52.8 Å². The third kappa shape index (κ3) is 2.27. The predicted octanol–water partition coefficient (Wildman–Crippen LogP) is 4.28. The summed E-state index contributed by atoms with van der Waals surface area (Å²) in [6, 6.07) is 13.7. The lowest BCUT2D eigenvalue weighted by atomic mass is 9.91. The molecule has 1 atom stereocenters. The average Bonchev–Trinajstić information content (AvgIpc) is 3.39. The van der Waals surface area contributed by atoms with Crippen LogP contribution in [0.3, 0.4) is 0 Å². The lowest BCUT2D eigenvalue weighted by Crippen LogP contribution is -2.21. The molecule has 22 heavy (non-hydrogen) atoms. The number of methoxy groups -OCH3 is 1. The Kier molecular flexibility index (Phi) is 3.14. The molecular weight excluding hydrogens is 276 g/mol. The number of Topliss-reactive ketones (excluding diaryl/α,β-unsaturated/α-hetero) is 1. The van der Waals surface area contributed by atoms with E-state index in [0.717, 1.165) is 22.6 Å². The van der Waals surface area contributed by atoms with Crippen molar-refractivity contribution in [2.75, 3.05) is 7.11 Å². The van der Waals surface area contributed by atoms with Gasteiger partial charge >= 0.3 is 0 Å². The Morgan fingerprint density at radius 1 is 1.09 bits per heavy atom. The van der Waals surface area contributed by atoms with E-state index in [9.17, 15) is 4.79 Å². The van der Waals surface area contributed by atoms with Gasteiger partial charge in [-0.3, -0.25) is 4.79 Å². The highest BCUT2D eigenvalue weighted by atomic mass is 16.5. The van der Waals surface area contributed by atoms with Crippen molar-refractivity contribution in [3.05, 3.63) is 59.2 Å². The Bertz CT molecular complexity index is 714. The summed E-state index contributed by atoms with van der Waals surface area (Å²) in [6.07, 6.45) is 2.57. The van der Waals surface area contributed by atoms with Gasteiger partial charge in [-0.05, 0) is 48.1 Å². The van der Waals surface area contributed by atoms with Gasteiger partial charge in [-0.15, -0.1) is 0 Å². The number of carbonyl (C=O) groups excluding carboxylic acids is 1. The van der Waals surface area contributed by atoms with Gasteiger partial charge in [-0.2, -0.15) is 0 Å². The largest absolute Gasteiger partial charge is 0.497 e. The van der Waals surface area contributed by atoms with Crippen LogP contribution in [0.25, 0.3) is 0 Å². The molecule has 1 fully saturated rings. The molecule has 1 saturated carbocycles. The van der Waals surface area contributed by atoms with Crippen LogP contribution in [0.15, 0.2) is 42.5 Å². The van der Waals surface area contributed by atoms with E-state index < -0.39 is 0 Å². The Hall–Kier alpha value is -2.29. The number of hydrogen-bond donors (Lipinski definition) is 0. The van der Waals surface area contributed by atoms with Crippen molar-refractivity contribution < 1.29 is 14.3 Å². The maximum atomic E-state index is 12.6. The highest BCUT2D eigenvalue weighted by Gasteiger charge is 2.34. The Labute approximate surface area is 129 Å². The van der Waals surface area contributed by atoms with Gasteiger partial charge in [-0.25, -0.2) is 0 Å². The third-order valence-electron chi connectivity index (χ3n) is 4.48. The maximum Gasteiger partial charge on any atom is 0.170 e. The molecule has 3 nitrogen and oxygen atoms in total. The van der Waals surface area contributed by atoms with Crippen molar-refractivity contribution in [3.8, 4) is 11.5 Å². The summed E-state index contributed by atoms with van der Waals surface area (Å²) in [7, 11) is 1.64. The second-order valence-electron chi connectivity index (χ2n) is 6.00. The quantitative estimate of drug-likeness (QED) is 0.847. The topological polar surface area (TPSA) is 35.5 Å². The minimum absolute atomic E-state index is 0.199. The van der Waals surface area contributed by atoms with E-state index in [1.807, 2.05) is 36.4 Å². The molecular formula is C19H18O3. The molecule has 0 amide bonds. The summed E-state index contributed by atoms with van der Waals surface area (Å²) in [6.45, 7) is 0. The lowest BCUT2D eigenvalue weighted by Gasteiger charge is -2.27. The van der Waals surface area contributed by atoms with E-state index >= 15 is 0 Å². The fourth-order valence-electron chi connectivity index (χ4n) is 3.15. The van der Waals surface area contributed by atoms with Crippen molar-refractivity contribution in [3.63, 3.8) is 0 Å². The van der Waals surface area contributed by atoms with E-state index in [-0.39, 0.29) is 11.9 Å². The van der Waals surface area contributed by atoms with Crippen LogP contribution in [0, 0.1) is 0 Å². The maximum absolute atomic E-state index is 12.6. The molecule has 1 aliphatic heterocycles. The van der Waals surface area contributed by atoms with Gasteiger partial charge in [0.05, 0.1) is 19.1 Å². The minimum atomic E-state index is -0.208. The molecule has 1 unspecified atom stereocenters. The zero-order valence-corrected chi connectivity index (χ0v) is 12.5. The van der Waals surface area contributed by atoms with Gasteiger partial charge in [0.2, 0.25) is 0 Å². The predicted molar refractivity (Wildman–Crippen MR) is 83.7 cm³/mol. The standard InChI is InChI=1S/C19H18O3/c1-21-14-9-7-13(8-10-14)18-11-16(20)19-15(12-5-6-12)3-2-4-17(19)22-18/h2-4,7-10,12,18H,5-6,11H2,1H3. The second-order valence-corrected chi connectivity index (χ2v) is 6.00. The van der Waals surface area contributed by atoms with E-state index in [1.165, 1.54) is 18.4 Å². The first kappa shape index (κ1) is 13.4. The molecule has 1 aliphatic carbocycles. The Morgan fingerprint density at radius 3 is 2.55 bits per heavy atom. The molecule has 2 aromatic rings. The summed E-state index contributed by atoms with van der Waals surface area (Å²) < 4.78 is 11.3. The number of benzene rings is 2. The summed E-state index contributed by atoms with van der Waals surface area (Å²) in [5, 5.41) is 0. The molecule has 2 aromatic carbocycles. The average molecular weight is 294 g/mol. The van der Waals surface area contributed by atoms with Crippen molar-refractivity contribution in [1.82, 2.24) is 0 Å². The lowest BCUT2D eigenvalue weighted by molar-refractivity contribution is 0.0848. The van der Waals surface area contributed by atoms with Crippen LogP contribution >= 0.6 is 0 Å². The van der Waals surface area contributed by atoms with Crippen LogP contribution < -0.4 is 9.47 Å². The van der Waals surface area contributed by atoms with Crippen LogP contribution in [0.2, 0.25) is 0 Å². The van der Waals surface area contributed by atoms with E-state index in [1.54, 1.807) is 7.11 Å². The second kappa shape index (κ2) is 5.16. The molecule has 112 valence electrons. The van der Waals surface area contributed by atoms with Crippen LogP contribution in [-0.2, 0) is 0 Å². The molecule has 0 saturated heterocycles. The van der Waals surface area contributed by atoms with Gasteiger partial charge in [0.25, 0.3) is 0 Å². The third-order valence-corrected chi connectivity index (χ3v) is 4.48. The van der Waals surface area contributed by atoms with Crippen LogP contribution in [0.5, 0.6) is 11.5 Å². The summed E-state index contributed by atoms with van der Waals surface area (Å²) in [5.74, 6) is 2.30. The zero-order valence-electron chi connectivity index (χ0n) is 12.5. The Balaban J connectivity index is 1.66. The molecule has 4 rings (SSSR count). The minimum Gasteiger partial charge on any atom is -0.497 e. The van der Waals surface area contributed by atoms with Crippen molar-refractivity contribution in [2.45, 2.75) is 31.3 Å². The number of ketones is 1. The van der Waals surface area contributed by atoms with Gasteiger partial charge < -0.3 is 9.47 Å². The summed E-state index contributed by atoms with van der Waals surface area (Å²) in [5.41, 5.74) is 3.00. The zero-order chi connectivity index (χ0) is 15.1. The van der Waals surface area contributed by atoms with Gasteiger partial charge in [0.15, 0.2) is 5.78 Å². The summed E-state index contributed by atoms with van der Waals surface area (Å²) >= 11 is 0. The highest BCUT2D eigenvalue weighted by Crippen LogP contribution is 2.46. The smallest absolute Gasteiger partial charge is 0.170 e. The fraction of sp³-hybridized carbons (Fsp3) is 0.316. The fourth-order valence-corrected chi connectivity index (χ4v) is 3.15. The van der Waals surface area contributed by atoms with Crippen molar-refractivity contribution in [1.29, 1.82) is 0 Å². The normalized spacial score (nSPS) is 20.2. The molecule has 0 N–H and O–H groups in total. The highest BCUT2D eigenvalue weighted by molar-refractivity contribution is 6.01. The first-order valence-corrected chi connectivity index (χ1v) is 7.73. The molecule has 0 spiro atoms. The van der Waals surface area contributed by atoms with E-state index in [0.29, 0.717) is 12.3 Å². The van der Waals surface area contributed by atoms with Gasteiger partial charge in [0.1, 0.15) is 17.6 Å². The van der Waals surface area contributed by atoms with E-state index in [2.05, 4.69) is 6.07 Å². The number of ether oxygens (including phenoxy) is 2. The first-order valence-electron chi connectivity index (χ1n) is 7.73. The first-order chi connectivity index (χ1) is 10.8. The van der Waals surface area contributed by atoms with Crippen LogP contribution in [-0.4, -0.2) is 12.9 Å². The molecule has 1 heterocycles. The number of fused-ring (bicyclic) bond motifs is 1. The summed E-state index contributed by atoms with van der Waals surface area (Å²) in [4.78, 5) is 12.6. The molecule has 0 radical (unpaired) electrons. The number of hydrogen-bond acceptors (Lipinski definition) is 3.